The van der Waals surface area contributed by atoms with E-state index in [4.69, 9.17) is 5.26 Å². The second-order valence-electron chi connectivity index (χ2n) is 6.09. The second-order valence-corrected chi connectivity index (χ2v) is 8.04. The SMILES string of the molecule is CCn1c(Cc2ccccc2)nnc1SCC(=O)Nc1ccccc1SCC#N. The van der Waals surface area contributed by atoms with E-state index in [1.807, 2.05) is 54.0 Å². The Bertz CT molecular complexity index is 998. The van der Waals surface area contributed by atoms with Gasteiger partial charge in [-0.1, -0.05) is 54.2 Å². The zero-order chi connectivity index (χ0) is 20.5. The van der Waals surface area contributed by atoms with Crippen molar-refractivity contribution in [2.24, 2.45) is 0 Å². The van der Waals surface area contributed by atoms with Crippen LogP contribution in [-0.4, -0.2) is 32.2 Å². The molecule has 0 spiro atoms. The molecule has 0 unspecified atom stereocenters. The van der Waals surface area contributed by atoms with Gasteiger partial charge in [0.2, 0.25) is 5.91 Å². The fraction of sp³-hybridized carbons (Fsp3) is 0.238. The maximum atomic E-state index is 12.4. The predicted molar refractivity (Wildman–Crippen MR) is 117 cm³/mol. The molecular weight excluding hydrogens is 402 g/mol. The first-order valence-electron chi connectivity index (χ1n) is 9.18. The van der Waals surface area contributed by atoms with Gasteiger partial charge in [-0.2, -0.15) is 5.26 Å². The summed E-state index contributed by atoms with van der Waals surface area (Å²) in [5.74, 6) is 1.35. The van der Waals surface area contributed by atoms with Crippen LogP contribution in [0.2, 0.25) is 0 Å². The van der Waals surface area contributed by atoms with Crippen molar-refractivity contribution in [1.82, 2.24) is 14.8 Å². The topological polar surface area (TPSA) is 83.6 Å². The molecule has 0 radical (unpaired) electrons. The number of aromatic nitrogens is 3. The number of nitrogens with zero attached hydrogens (tertiary/aromatic N) is 4. The van der Waals surface area contributed by atoms with E-state index in [0.29, 0.717) is 12.2 Å². The van der Waals surface area contributed by atoms with Crippen LogP contribution in [0.25, 0.3) is 0 Å². The standard InChI is InChI=1S/C21H21N5OS2/c1-2-26-19(14-16-8-4-3-5-9-16)24-25-21(26)29-15-20(27)23-17-10-6-7-11-18(17)28-13-12-22/h3-11H,2,13-15H2,1H3,(H,23,27). The van der Waals surface area contributed by atoms with Crippen molar-refractivity contribution in [1.29, 1.82) is 5.26 Å². The largest absolute Gasteiger partial charge is 0.324 e. The van der Waals surface area contributed by atoms with Gasteiger partial charge in [-0.05, 0) is 24.6 Å². The molecule has 0 aliphatic carbocycles. The van der Waals surface area contributed by atoms with Crippen molar-refractivity contribution < 1.29 is 4.79 Å². The van der Waals surface area contributed by atoms with E-state index in [0.717, 1.165) is 28.1 Å². The summed E-state index contributed by atoms with van der Waals surface area (Å²) < 4.78 is 2.04. The van der Waals surface area contributed by atoms with Gasteiger partial charge in [-0.15, -0.1) is 22.0 Å². The Kier molecular flexibility index (Phi) is 7.73. The second kappa shape index (κ2) is 10.7. The van der Waals surface area contributed by atoms with Crippen molar-refractivity contribution in [3.05, 3.63) is 66.0 Å². The lowest BCUT2D eigenvalue weighted by atomic mass is 10.1. The number of hydrogen-bond acceptors (Lipinski definition) is 6. The van der Waals surface area contributed by atoms with Crippen LogP contribution in [0, 0.1) is 11.3 Å². The Balaban J connectivity index is 1.62. The number of hydrogen-bond donors (Lipinski definition) is 1. The number of benzene rings is 2. The van der Waals surface area contributed by atoms with Gasteiger partial charge in [0, 0.05) is 17.9 Å². The molecule has 1 aromatic heterocycles. The van der Waals surface area contributed by atoms with Crippen LogP contribution in [0.3, 0.4) is 0 Å². The maximum Gasteiger partial charge on any atom is 0.234 e. The number of amides is 1. The molecule has 148 valence electrons. The van der Waals surface area contributed by atoms with Gasteiger partial charge in [-0.3, -0.25) is 4.79 Å². The van der Waals surface area contributed by atoms with Crippen molar-refractivity contribution in [3.8, 4) is 6.07 Å². The van der Waals surface area contributed by atoms with E-state index in [-0.39, 0.29) is 11.7 Å². The van der Waals surface area contributed by atoms with E-state index in [1.54, 1.807) is 0 Å². The Labute approximate surface area is 178 Å². The number of anilines is 1. The van der Waals surface area contributed by atoms with Crippen LogP contribution in [0.1, 0.15) is 18.3 Å². The molecule has 3 aromatic rings. The summed E-state index contributed by atoms with van der Waals surface area (Å²) in [4.78, 5) is 13.3. The third kappa shape index (κ3) is 5.86. The molecule has 2 aromatic carbocycles. The van der Waals surface area contributed by atoms with Crippen LogP contribution >= 0.6 is 23.5 Å². The molecule has 0 aliphatic heterocycles. The van der Waals surface area contributed by atoms with Crippen LogP contribution < -0.4 is 5.32 Å². The molecule has 0 fully saturated rings. The van der Waals surface area contributed by atoms with E-state index >= 15 is 0 Å². The third-order valence-corrected chi connectivity index (χ3v) is 6.01. The highest BCUT2D eigenvalue weighted by atomic mass is 32.2. The number of nitrogens with one attached hydrogen (secondary N) is 1. The summed E-state index contributed by atoms with van der Waals surface area (Å²) in [5, 5.41) is 21.0. The minimum atomic E-state index is -0.115. The van der Waals surface area contributed by atoms with Crippen LogP contribution in [-0.2, 0) is 17.8 Å². The number of rotatable bonds is 9. The first-order valence-corrected chi connectivity index (χ1v) is 11.2. The Hall–Kier alpha value is -2.76. The summed E-state index contributed by atoms with van der Waals surface area (Å²) in [5.41, 5.74) is 1.90. The zero-order valence-electron chi connectivity index (χ0n) is 16.0. The average Bonchev–Trinajstić information content (AvgIpc) is 3.13. The number of carbonyl (C=O) groups excluding carboxylic acids is 1. The molecule has 0 atom stereocenters. The van der Waals surface area contributed by atoms with Crippen molar-refractivity contribution in [2.75, 3.05) is 16.8 Å². The fourth-order valence-corrected chi connectivity index (χ4v) is 4.27. The lowest BCUT2D eigenvalue weighted by Crippen LogP contribution is -2.15. The molecule has 8 heteroatoms. The molecule has 6 nitrogen and oxygen atoms in total. The van der Waals surface area contributed by atoms with Gasteiger partial charge in [0.1, 0.15) is 5.82 Å². The van der Waals surface area contributed by atoms with Gasteiger partial charge in [-0.25, -0.2) is 0 Å². The first-order chi connectivity index (χ1) is 14.2. The molecule has 29 heavy (non-hydrogen) atoms. The molecule has 1 amide bonds. The molecule has 0 aliphatic rings. The van der Waals surface area contributed by atoms with Crippen molar-refractivity contribution in [2.45, 2.75) is 29.9 Å². The smallest absolute Gasteiger partial charge is 0.234 e. The normalized spacial score (nSPS) is 10.5. The number of thioether (sulfide) groups is 2. The number of para-hydroxylation sites is 1. The summed E-state index contributed by atoms with van der Waals surface area (Å²) in [6.07, 6.45) is 0.706. The monoisotopic (exact) mass is 423 g/mol. The first kappa shape index (κ1) is 21.0. The Morgan fingerprint density at radius 1 is 1.10 bits per heavy atom. The quantitative estimate of drug-likeness (QED) is 0.519. The lowest BCUT2D eigenvalue weighted by molar-refractivity contribution is -0.113. The highest BCUT2D eigenvalue weighted by molar-refractivity contribution is 8.00. The van der Waals surface area contributed by atoms with E-state index in [2.05, 4.69) is 33.7 Å². The fourth-order valence-electron chi connectivity index (χ4n) is 2.77. The summed E-state index contributed by atoms with van der Waals surface area (Å²) in [7, 11) is 0. The Morgan fingerprint density at radius 2 is 1.86 bits per heavy atom. The maximum absolute atomic E-state index is 12.4. The van der Waals surface area contributed by atoms with Crippen molar-refractivity contribution >= 4 is 35.1 Å². The van der Waals surface area contributed by atoms with Crippen LogP contribution in [0.5, 0.6) is 0 Å². The van der Waals surface area contributed by atoms with Crippen LogP contribution in [0.4, 0.5) is 5.69 Å². The van der Waals surface area contributed by atoms with Crippen LogP contribution in [0.15, 0.2) is 64.6 Å². The van der Waals surface area contributed by atoms with Crippen molar-refractivity contribution in [3.63, 3.8) is 0 Å². The number of carbonyl (C=O) groups is 1. The molecular formula is C21H21N5OS2. The average molecular weight is 424 g/mol. The molecule has 3 rings (SSSR count). The number of nitriles is 1. The highest BCUT2D eigenvalue weighted by Gasteiger charge is 2.14. The highest BCUT2D eigenvalue weighted by Crippen LogP contribution is 2.27. The zero-order valence-corrected chi connectivity index (χ0v) is 17.7. The van der Waals surface area contributed by atoms with Gasteiger partial charge in [0.25, 0.3) is 0 Å². The Morgan fingerprint density at radius 3 is 2.62 bits per heavy atom. The van der Waals surface area contributed by atoms with Gasteiger partial charge < -0.3 is 9.88 Å². The summed E-state index contributed by atoms with van der Waals surface area (Å²) in [6.45, 7) is 2.79. The van der Waals surface area contributed by atoms with Gasteiger partial charge in [0.15, 0.2) is 5.16 Å². The van der Waals surface area contributed by atoms with Gasteiger partial charge in [0.05, 0.1) is 23.3 Å². The minimum absolute atomic E-state index is 0.115. The summed E-state index contributed by atoms with van der Waals surface area (Å²) in [6, 6.07) is 19.7. The minimum Gasteiger partial charge on any atom is -0.324 e. The predicted octanol–water partition coefficient (Wildman–Crippen LogP) is 4.24. The molecule has 1 N–H and O–H groups in total. The lowest BCUT2D eigenvalue weighted by Gasteiger charge is -2.10. The molecule has 1 heterocycles. The molecule has 0 bridgehead atoms. The summed E-state index contributed by atoms with van der Waals surface area (Å²) >= 11 is 2.78. The van der Waals surface area contributed by atoms with E-state index in [9.17, 15) is 4.79 Å². The van der Waals surface area contributed by atoms with E-state index in [1.165, 1.54) is 29.1 Å². The van der Waals surface area contributed by atoms with E-state index < -0.39 is 0 Å². The molecule has 0 saturated carbocycles. The van der Waals surface area contributed by atoms with Gasteiger partial charge >= 0.3 is 0 Å². The molecule has 0 saturated heterocycles. The third-order valence-electron chi connectivity index (χ3n) is 4.10.